The molecular weight excluding hydrogens is 256 g/mol. The summed E-state index contributed by atoms with van der Waals surface area (Å²) in [5.74, 6) is 0.290. The van der Waals surface area contributed by atoms with Gasteiger partial charge in [-0.05, 0) is 31.0 Å². The zero-order valence-corrected chi connectivity index (χ0v) is 11.4. The minimum atomic E-state index is -0.205. The predicted molar refractivity (Wildman–Crippen MR) is 74.6 cm³/mol. The molecule has 0 saturated heterocycles. The highest BCUT2D eigenvalue weighted by atomic mass is 16.3. The number of hydrogen-bond acceptors (Lipinski definition) is 4. The highest BCUT2D eigenvalue weighted by Crippen LogP contribution is 2.11. The number of amides is 1. The maximum atomic E-state index is 12.3. The first-order valence-electron chi connectivity index (χ1n) is 6.63. The average Bonchev–Trinajstić information content (AvgIpc) is 3.00. The molecule has 1 atom stereocenters. The van der Waals surface area contributed by atoms with Gasteiger partial charge in [-0.25, -0.2) is 9.67 Å². The molecule has 1 unspecified atom stereocenters. The third kappa shape index (κ3) is 3.21. The molecule has 0 aromatic carbocycles. The molecule has 0 saturated carbocycles. The number of aromatic nitrogens is 3. The van der Waals surface area contributed by atoms with Gasteiger partial charge in [-0.3, -0.25) is 4.79 Å². The largest absolute Gasteiger partial charge is 0.396 e. The van der Waals surface area contributed by atoms with Gasteiger partial charge in [0.25, 0.3) is 5.91 Å². The molecule has 0 bridgehead atoms. The summed E-state index contributed by atoms with van der Waals surface area (Å²) < 4.78 is 1.56. The first-order chi connectivity index (χ1) is 9.76. The molecule has 0 radical (unpaired) electrons. The van der Waals surface area contributed by atoms with Crippen LogP contribution in [0.3, 0.4) is 0 Å². The Hall–Kier alpha value is -2.21. The zero-order valence-electron chi connectivity index (χ0n) is 11.4. The van der Waals surface area contributed by atoms with Gasteiger partial charge in [0.2, 0.25) is 0 Å². The van der Waals surface area contributed by atoms with Crippen LogP contribution in [0.5, 0.6) is 0 Å². The van der Waals surface area contributed by atoms with Crippen LogP contribution in [0.1, 0.15) is 30.1 Å². The summed E-state index contributed by atoms with van der Waals surface area (Å²) in [6, 6.07) is 5.16. The van der Waals surface area contributed by atoms with E-state index in [1.807, 2.05) is 6.92 Å². The Kier molecular flexibility index (Phi) is 4.84. The summed E-state index contributed by atoms with van der Waals surface area (Å²) in [6.07, 6.45) is 6.31. The second-order valence-electron chi connectivity index (χ2n) is 4.42. The van der Waals surface area contributed by atoms with Crippen molar-refractivity contribution in [2.45, 2.75) is 25.8 Å². The first-order valence-corrected chi connectivity index (χ1v) is 6.63. The van der Waals surface area contributed by atoms with Crippen LogP contribution in [0.25, 0.3) is 5.82 Å². The molecular formula is C14H18N4O2. The number of nitrogens with one attached hydrogen (secondary N) is 1. The van der Waals surface area contributed by atoms with Crippen LogP contribution in [0, 0.1) is 0 Å². The number of pyridine rings is 1. The fourth-order valence-corrected chi connectivity index (χ4v) is 1.95. The number of aliphatic hydroxyl groups excluding tert-OH is 1. The molecule has 2 aromatic rings. The molecule has 0 aliphatic rings. The van der Waals surface area contributed by atoms with Crippen molar-refractivity contribution < 1.29 is 9.90 Å². The van der Waals surface area contributed by atoms with E-state index in [-0.39, 0.29) is 18.6 Å². The van der Waals surface area contributed by atoms with E-state index in [1.54, 1.807) is 41.5 Å². The normalized spacial score (nSPS) is 12.1. The van der Waals surface area contributed by atoms with E-state index in [2.05, 4.69) is 15.4 Å². The van der Waals surface area contributed by atoms with E-state index in [9.17, 15) is 4.79 Å². The summed E-state index contributed by atoms with van der Waals surface area (Å²) in [5.41, 5.74) is 0.465. The van der Waals surface area contributed by atoms with E-state index in [0.29, 0.717) is 17.8 Å². The lowest BCUT2D eigenvalue weighted by Crippen LogP contribution is -2.35. The maximum Gasteiger partial charge on any atom is 0.255 e. The lowest BCUT2D eigenvalue weighted by atomic mass is 10.1. The number of hydrogen-bond donors (Lipinski definition) is 2. The Bertz CT molecular complexity index is 554. The van der Waals surface area contributed by atoms with Crippen LogP contribution in [0.15, 0.2) is 36.8 Å². The molecule has 0 fully saturated rings. The van der Waals surface area contributed by atoms with Gasteiger partial charge in [0.15, 0.2) is 5.82 Å². The molecule has 6 heteroatoms. The van der Waals surface area contributed by atoms with Crippen molar-refractivity contribution in [2.24, 2.45) is 0 Å². The third-order valence-corrected chi connectivity index (χ3v) is 3.06. The van der Waals surface area contributed by atoms with Crippen molar-refractivity contribution in [2.75, 3.05) is 6.61 Å². The van der Waals surface area contributed by atoms with Gasteiger partial charge in [-0.1, -0.05) is 6.92 Å². The second kappa shape index (κ2) is 6.81. The van der Waals surface area contributed by atoms with E-state index in [1.165, 1.54) is 0 Å². The van der Waals surface area contributed by atoms with E-state index < -0.39 is 0 Å². The molecule has 2 heterocycles. The van der Waals surface area contributed by atoms with Gasteiger partial charge in [0.1, 0.15) is 0 Å². The van der Waals surface area contributed by atoms with Gasteiger partial charge in [-0.15, -0.1) is 0 Å². The standard InChI is InChI=1S/C14H18N4O2/c1-2-11(6-10-19)17-14(20)12-5-3-7-15-13(12)18-9-4-8-16-18/h3-5,7-9,11,19H,2,6,10H2,1H3,(H,17,20). The molecule has 0 aliphatic heterocycles. The fourth-order valence-electron chi connectivity index (χ4n) is 1.95. The highest BCUT2D eigenvalue weighted by Gasteiger charge is 2.16. The topological polar surface area (TPSA) is 80.0 Å². The van der Waals surface area contributed by atoms with Gasteiger partial charge in [-0.2, -0.15) is 5.10 Å². The SMILES string of the molecule is CCC(CCO)NC(=O)c1cccnc1-n1cccn1. The van der Waals surface area contributed by atoms with E-state index >= 15 is 0 Å². The molecule has 6 nitrogen and oxygen atoms in total. The molecule has 2 N–H and O–H groups in total. The summed E-state index contributed by atoms with van der Waals surface area (Å²) in [7, 11) is 0. The highest BCUT2D eigenvalue weighted by molar-refractivity contribution is 5.97. The number of aliphatic hydroxyl groups is 1. The van der Waals surface area contributed by atoms with Crippen molar-refractivity contribution in [1.82, 2.24) is 20.1 Å². The minimum absolute atomic E-state index is 0.0434. The van der Waals surface area contributed by atoms with Gasteiger partial charge in [0, 0.05) is 31.2 Å². The fraction of sp³-hybridized carbons (Fsp3) is 0.357. The summed E-state index contributed by atoms with van der Waals surface area (Å²) >= 11 is 0. The van der Waals surface area contributed by atoms with Crippen molar-refractivity contribution in [3.8, 4) is 5.82 Å². The van der Waals surface area contributed by atoms with Crippen molar-refractivity contribution >= 4 is 5.91 Å². The van der Waals surface area contributed by atoms with Crippen LogP contribution in [0.2, 0.25) is 0 Å². The molecule has 2 aromatic heterocycles. The Morgan fingerprint density at radius 1 is 1.45 bits per heavy atom. The predicted octanol–water partition coefficient (Wildman–Crippen LogP) is 1.16. The maximum absolute atomic E-state index is 12.3. The number of nitrogens with zero attached hydrogens (tertiary/aromatic N) is 3. The number of rotatable bonds is 6. The smallest absolute Gasteiger partial charge is 0.255 e. The molecule has 106 valence electrons. The van der Waals surface area contributed by atoms with Crippen LogP contribution in [-0.4, -0.2) is 38.4 Å². The lowest BCUT2D eigenvalue weighted by molar-refractivity contribution is 0.0928. The van der Waals surface area contributed by atoms with E-state index in [4.69, 9.17) is 5.11 Å². The quantitative estimate of drug-likeness (QED) is 0.828. The van der Waals surface area contributed by atoms with Gasteiger partial charge in [0.05, 0.1) is 5.56 Å². The van der Waals surface area contributed by atoms with Gasteiger partial charge < -0.3 is 10.4 Å². The second-order valence-corrected chi connectivity index (χ2v) is 4.42. The molecule has 2 rings (SSSR count). The third-order valence-electron chi connectivity index (χ3n) is 3.06. The van der Waals surface area contributed by atoms with Gasteiger partial charge >= 0.3 is 0 Å². The van der Waals surface area contributed by atoms with Crippen LogP contribution in [0.4, 0.5) is 0 Å². The van der Waals surface area contributed by atoms with Crippen LogP contribution in [-0.2, 0) is 0 Å². The zero-order chi connectivity index (χ0) is 14.4. The summed E-state index contributed by atoms with van der Waals surface area (Å²) in [5, 5.41) is 16.0. The van der Waals surface area contributed by atoms with Crippen molar-refractivity contribution in [3.05, 3.63) is 42.4 Å². The monoisotopic (exact) mass is 274 g/mol. The molecule has 0 spiro atoms. The molecule has 20 heavy (non-hydrogen) atoms. The Labute approximate surface area is 117 Å². The Morgan fingerprint density at radius 2 is 2.30 bits per heavy atom. The van der Waals surface area contributed by atoms with Crippen molar-refractivity contribution in [1.29, 1.82) is 0 Å². The lowest BCUT2D eigenvalue weighted by Gasteiger charge is -2.16. The number of carbonyl (C=O) groups excluding carboxylic acids is 1. The molecule has 0 aliphatic carbocycles. The molecule has 1 amide bonds. The van der Waals surface area contributed by atoms with Crippen LogP contribution >= 0.6 is 0 Å². The Balaban J connectivity index is 2.22. The minimum Gasteiger partial charge on any atom is -0.396 e. The first kappa shape index (κ1) is 14.2. The summed E-state index contributed by atoms with van der Waals surface area (Å²) in [4.78, 5) is 16.5. The Morgan fingerprint density at radius 3 is 2.95 bits per heavy atom. The number of carbonyl (C=O) groups is 1. The average molecular weight is 274 g/mol. The van der Waals surface area contributed by atoms with Crippen molar-refractivity contribution in [3.63, 3.8) is 0 Å². The summed E-state index contributed by atoms with van der Waals surface area (Å²) in [6.45, 7) is 2.02. The van der Waals surface area contributed by atoms with E-state index in [0.717, 1.165) is 6.42 Å². The van der Waals surface area contributed by atoms with Crippen LogP contribution < -0.4 is 5.32 Å².